The summed E-state index contributed by atoms with van der Waals surface area (Å²) in [6, 6.07) is 5.43. The molecule has 2 fully saturated rings. The Morgan fingerprint density at radius 3 is 2.71 bits per heavy atom. The van der Waals surface area contributed by atoms with Crippen LogP contribution in [0.4, 0.5) is 4.39 Å². The standard InChI is InChI=1S/C20H23FN4O2S/c1-12(2)18-20(27)25-8-7-24(9-16(25)19(26)23-18)10-17-22-15(11-28-17)13-3-5-14(21)6-4-13/h3-6,11-12,16,18H,7-10H2,1-2H3,(H,23,26)/t16-,18-/m1/s1. The van der Waals surface area contributed by atoms with Gasteiger partial charge in [-0.05, 0) is 30.2 Å². The van der Waals surface area contributed by atoms with Crippen molar-refractivity contribution in [3.63, 3.8) is 0 Å². The lowest BCUT2D eigenvalue weighted by atomic mass is 9.96. The number of halogens is 1. The van der Waals surface area contributed by atoms with Gasteiger partial charge in [-0.2, -0.15) is 0 Å². The van der Waals surface area contributed by atoms with Crippen molar-refractivity contribution in [3.8, 4) is 11.3 Å². The summed E-state index contributed by atoms with van der Waals surface area (Å²) in [7, 11) is 0. The largest absolute Gasteiger partial charge is 0.342 e. The third kappa shape index (κ3) is 3.66. The zero-order chi connectivity index (χ0) is 19.8. The summed E-state index contributed by atoms with van der Waals surface area (Å²) >= 11 is 1.55. The molecule has 1 N–H and O–H groups in total. The van der Waals surface area contributed by atoms with E-state index in [0.29, 0.717) is 26.2 Å². The van der Waals surface area contributed by atoms with Gasteiger partial charge in [0.25, 0.3) is 0 Å². The first-order valence-electron chi connectivity index (χ1n) is 9.46. The Morgan fingerprint density at radius 2 is 2.00 bits per heavy atom. The number of benzene rings is 1. The van der Waals surface area contributed by atoms with E-state index in [1.165, 1.54) is 12.1 Å². The second-order valence-electron chi connectivity index (χ2n) is 7.65. The van der Waals surface area contributed by atoms with Gasteiger partial charge in [0.15, 0.2) is 0 Å². The Hall–Kier alpha value is -2.32. The number of piperazine rings is 2. The van der Waals surface area contributed by atoms with Gasteiger partial charge in [-0.3, -0.25) is 14.5 Å². The van der Waals surface area contributed by atoms with E-state index >= 15 is 0 Å². The van der Waals surface area contributed by atoms with E-state index < -0.39 is 12.1 Å². The van der Waals surface area contributed by atoms with Crippen LogP contribution in [0.1, 0.15) is 18.9 Å². The highest BCUT2D eigenvalue weighted by atomic mass is 32.1. The maximum Gasteiger partial charge on any atom is 0.246 e. The number of hydrogen-bond acceptors (Lipinski definition) is 5. The molecule has 0 unspecified atom stereocenters. The minimum atomic E-state index is -0.437. The molecule has 0 spiro atoms. The van der Waals surface area contributed by atoms with Crippen molar-refractivity contribution in [2.24, 2.45) is 5.92 Å². The Balaban J connectivity index is 1.42. The Labute approximate surface area is 167 Å². The molecule has 2 amide bonds. The molecule has 1 aromatic carbocycles. The first-order chi connectivity index (χ1) is 13.4. The molecule has 2 aliphatic heterocycles. The first kappa shape index (κ1) is 19.0. The number of nitrogens with zero attached hydrogens (tertiary/aromatic N) is 3. The zero-order valence-electron chi connectivity index (χ0n) is 15.9. The van der Waals surface area contributed by atoms with Crippen molar-refractivity contribution in [2.45, 2.75) is 32.5 Å². The normalized spacial score (nSPS) is 23.1. The van der Waals surface area contributed by atoms with Crippen LogP contribution in [0.5, 0.6) is 0 Å². The van der Waals surface area contributed by atoms with Crippen LogP contribution in [-0.4, -0.2) is 58.3 Å². The van der Waals surface area contributed by atoms with Crippen LogP contribution in [0.25, 0.3) is 11.3 Å². The van der Waals surface area contributed by atoms with Gasteiger partial charge < -0.3 is 10.2 Å². The highest BCUT2D eigenvalue weighted by molar-refractivity contribution is 7.09. The van der Waals surface area contributed by atoms with Crippen LogP contribution in [-0.2, 0) is 16.1 Å². The summed E-state index contributed by atoms with van der Waals surface area (Å²) < 4.78 is 13.1. The molecule has 4 rings (SSSR count). The average molecular weight is 402 g/mol. The number of carbonyl (C=O) groups excluding carboxylic acids is 2. The van der Waals surface area contributed by atoms with Gasteiger partial charge >= 0.3 is 0 Å². The molecular formula is C20H23FN4O2S. The molecule has 1 aromatic heterocycles. The van der Waals surface area contributed by atoms with Crippen LogP contribution in [0.3, 0.4) is 0 Å². The van der Waals surface area contributed by atoms with Crippen molar-refractivity contribution in [1.29, 1.82) is 0 Å². The predicted molar refractivity (Wildman–Crippen MR) is 105 cm³/mol. The van der Waals surface area contributed by atoms with Crippen molar-refractivity contribution >= 4 is 23.2 Å². The Kier molecular flexibility index (Phi) is 5.16. The smallest absolute Gasteiger partial charge is 0.246 e. The maximum absolute atomic E-state index is 13.1. The van der Waals surface area contributed by atoms with E-state index in [2.05, 4.69) is 15.2 Å². The first-order valence-corrected chi connectivity index (χ1v) is 10.3. The van der Waals surface area contributed by atoms with Crippen LogP contribution in [0.2, 0.25) is 0 Å². The quantitative estimate of drug-likeness (QED) is 0.851. The number of carbonyl (C=O) groups is 2. The van der Waals surface area contributed by atoms with Gasteiger partial charge in [0.1, 0.15) is 22.9 Å². The molecule has 6 nitrogen and oxygen atoms in total. The van der Waals surface area contributed by atoms with Gasteiger partial charge in [0.05, 0.1) is 12.2 Å². The number of rotatable bonds is 4. The van der Waals surface area contributed by atoms with E-state index in [1.807, 2.05) is 19.2 Å². The maximum atomic E-state index is 13.1. The number of fused-ring (bicyclic) bond motifs is 1. The van der Waals surface area contributed by atoms with E-state index in [0.717, 1.165) is 16.3 Å². The number of amides is 2. The molecule has 0 radical (unpaired) electrons. The van der Waals surface area contributed by atoms with Crippen LogP contribution in [0.15, 0.2) is 29.6 Å². The Morgan fingerprint density at radius 1 is 1.25 bits per heavy atom. The lowest BCUT2D eigenvalue weighted by molar-refractivity contribution is -0.154. The summed E-state index contributed by atoms with van der Waals surface area (Å²) in [5.41, 5.74) is 1.70. The summed E-state index contributed by atoms with van der Waals surface area (Å²) in [6.07, 6.45) is 0. The highest BCUT2D eigenvalue weighted by Crippen LogP contribution is 2.25. The second kappa shape index (κ2) is 7.60. The molecule has 148 valence electrons. The van der Waals surface area contributed by atoms with Gasteiger partial charge in [0, 0.05) is 30.6 Å². The summed E-state index contributed by atoms with van der Waals surface area (Å²) in [5, 5.41) is 5.78. The summed E-state index contributed by atoms with van der Waals surface area (Å²) in [4.78, 5) is 33.7. The number of aromatic nitrogens is 1. The third-order valence-electron chi connectivity index (χ3n) is 5.33. The number of thiazole rings is 1. The van der Waals surface area contributed by atoms with Crippen molar-refractivity contribution in [2.75, 3.05) is 19.6 Å². The van der Waals surface area contributed by atoms with E-state index in [9.17, 15) is 14.0 Å². The fraction of sp³-hybridized carbons (Fsp3) is 0.450. The molecule has 28 heavy (non-hydrogen) atoms. The molecule has 2 atom stereocenters. The monoisotopic (exact) mass is 402 g/mol. The molecule has 3 heterocycles. The molecular weight excluding hydrogens is 379 g/mol. The average Bonchev–Trinajstić information content (AvgIpc) is 3.13. The Bertz CT molecular complexity index is 883. The predicted octanol–water partition coefficient (Wildman–Crippen LogP) is 2.12. The van der Waals surface area contributed by atoms with Crippen LogP contribution >= 0.6 is 11.3 Å². The SMILES string of the molecule is CC(C)[C@H]1NC(=O)[C@H]2CN(Cc3nc(-c4ccc(F)cc4)cs3)CCN2C1=O. The van der Waals surface area contributed by atoms with Crippen molar-refractivity contribution in [3.05, 3.63) is 40.5 Å². The van der Waals surface area contributed by atoms with Gasteiger partial charge in [-0.15, -0.1) is 11.3 Å². The molecule has 0 saturated carbocycles. The summed E-state index contributed by atoms with van der Waals surface area (Å²) in [6.45, 7) is 6.29. The third-order valence-corrected chi connectivity index (χ3v) is 6.16. The van der Waals surface area contributed by atoms with Gasteiger partial charge in [-0.1, -0.05) is 13.8 Å². The minimum absolute atomic E-state index is 0.0205. The van der Waals surface area contributed by atoms with E-state index in [1.54, 1.807) is 28.4 Å². The molecule has 0 aliphatic carbocycles. The minimum Gasteiger partial charge on any atom is -0.342 e. The molecule has 2 aromatic rings. The number of nitrogens with one attached hydrogen (secondary N) is 1. The molecule has 2 saturated heterocycles. The van der Waals surface area contributed by atoms with Gasteiger partial charge in [0.2, 0.25) is 11.8 Å². The number of hydrogen-bond donors (Lipinski definition) is 1. The second-order valence-corrected chi connectivity index (χ2v) is 8.59. The highest BCUT2D eigenvalue weighted by Gasteiger charge is 2.44. The van der Waals surface area contributed by atoms with Crippen LogP contribution < -0.4 is 5.32 Å². The fourth-order valence-electron chi connectivity index (χ4n) is 3.74. The van der Waals surface area contributed by atoms with E-state index in [-0.39, 0.29) is 23.5 Å². The van der Waals surface area contributed by atoms with Crippen molar-refractivity contribution in [1.82, 2.24) is 20.1 Å². The zero-order valence-corrected chi connectivity index (χ0v) is 16.7. The van der Waals surface area contributed by atoms with E-state index in [4.69, 9.17) is 0 Å². The van der Waals surface area contributed by atoms with Gasteiger partial charge in [-0.25, -0.2) is 9.37 Å². The molecule has 2 aliphatic rings. The van der Waals surface area contributed by atoms with Crippen LogP contribution in [0, 0.1) is 11.7 Å². The molecule has 0 bridgehead atoms. The summed E-state index contributed by atoms with van der Waals surface area (Å²) in [5.74, 6) is -0.242. The molecule has 8 heteroatoms. The van der Waals surface area contributed by atoms with Crippen molar-refractivity contribution < 1.29 is 14.0 Å². The topological polar surface area (TPSA) is 65.5 Å². The lowest BCUT2D eigenvalue weighted by Crippen LogP contribution is -2.70. The lowest BCUT2D eigenvalue weighted by Gasteiger charge is -2.45. The fourth-order valence-corrected chi connectivity index (χ4v) is 4.59.